The summed E-state index contributed by atoms with van der Waals surface area (Å²) < 4.78 is 10.9. The van der Waals surface area contributed by atoms with Gasteiger partial charge in [0.05, 0.1) is 14.2 Å². The van der Waals surface area contributed by atoms with E-state index >= 15 is 0 Å². The molecular formula is C23H29NO3. The topological polar surface area (TPSA) is 38.8 Å². The van der Waals surface area contributed by atoms with Crippen molar-refractivity contribution in [2.45, 2.75) is 38.6 Å². The second-order valence-corrected chi connectivity index (χ2v) is 7.21. The summed E-state index contributed by atoms with van der Waals surface area (Å²) in [6.45, 7) is 1.55. The summed E-state index contributed by atoms with van der Waals surface area (Å²) in [5.74, 6) is 2.29. The zero-order valence-electron chi connectivity index (χ0n) is 16.3. The van der Waals surface area contributed by atoms with Crippen LogP contribution in [0.1, 0.15) is 36.8 Å². The molecule has 0 heterocycles. The summed E-state index contributed by atoms with van der Waals surface area (Å²) in [6, 6.07) is 16.1. The van der Waals surface area contributed by atoms with Gasteiger partial charge in [0.1, 0.15) is 0 Å². The number of ether oxygens (including phenoxy) is 2. The summed E-state index contributed by atoms with van der Waals surface area (Å²) in [5, 5.41) is 0. The zero-order valence-corrected chi connectivity index (χ0v) is 16.3. The second-order valence-electron chi connectivity index (χ2n) is 7.21. The standard InChI is InChI=1S/C23H29NO3/c1-26-21-13-7-12-20(23(21)27-2)14-15-22(25)24(17-19-10-6-11-19)16-18-8-4-3-5-9-18/h3-5,7-9,12-13,19H,6,10-11,14-17H2,1-2H3. The highest BCUT2D eigenvalue weighted by Crippen LogP contribution is 2.32. The van der Waals surface area contributed by atoms with Crippen LogP contribution in [0.25, 0.3) is 0 Å². The SMILES string of the molecule is COc1cccc(CCC(=O)N(Cc2ccccc2)CC2CCC2)c1OC. The molecule has 4 heteroatoms. The molecule has 0 radical (unpaired) electrons. The van der Waals surface area contributed by atoms with Crippen molar-refractivity contribution in [2.24, 2.45) is 5.92 Å². The number of carbonyl (C=O) groups excluding carboxylic acids is 1. The van der Waals surface area contributed by atoms with E-state index in [4.69, 9.17) is 9.47 Å². The molecule has 4 nitrogen and oxygen atoms in total. The van der Waals surface area contributed by atoms with Gasteiger partial charge in [-0.15, -0.1) is 0 Å². The Morgan fingerprint density at radius 2 is 1.81 bits per heavy atom. The van der Waals surface area contributed by atoms with Gasteiger partial charge in [-0.1, -0.05) is 48.9 Å². The number of para-hydroxylation sites is 1. The van der Waals surface area contributed by atoms with E-state index in [9.17, 15) is 4.79 Å². The van der Waals surface area contributed by atoms with E-state index in [0.29, 0.717) is 31.1 Å². The maximum absolute atomic E-state index is 13.0. The highest BCUT2D eigenvalue weighted by molar-refractivity contribution is 5.76. The van der Waals surface area contributed by atoms with Gasteiger partial charge in [-0.05, 0) is 42.4 Å². The molecule has 0 bridgehead atoms. The number of hydrogen-bond acceptors (Lipinski definition) is 3. The summed E-state index contributed by atoms with van der Waals surface area (Å²) >= 11 is 0. The Morgan fingerprint density at radius 3 is 2.44 bits per heavy atom. The average molecular weight is 367 g/mol. The number of rotatable bonds is 9. The van der Waals surface area contributed by atoms with Gasteiger partial charge >= 0.3 is 0 Å². The molecule has 3 rings (SSSR count). The Labute approximate surface area is 162 Å². The number of carbonyl (C=O) groups is 1. The fraction of sp³-hybridized carbons (Fsp3) is 0.435. The number of methoxy groups -OCH3 is 2. The molecule has 0 aromatic heterocycles. The Morgan fingerprint density at radius 1 is 1.04 bits per heavy atom. The molecule has 1 aliphatic rings. The fourth-order valence-corrected chi connectivity index (χ4v) is 3.60. The maximum atomic E-state index is 13.0. The largest absolute Gasteiger partial charge is 0.493 e. The second kappa shape index (κ2) is 9.45. The van der Waals surface area contributed by atoms with E-state index in [1.807, 2.05) is 41.3 Å². The van der Waals surface area contributed by atoms with Crippen molar-refractivity contribution in [2.75, 3.05) is 20.8 Å². The van der Waals surface area contributed by atoms with E-state index in [1.54, 1.807) is 14.2 Å². The molecule has 1 aliphatic carbocycles. The zero-order chi connectivity index (χ0) is 19.1. The van der Waals surface area contributed by atoms with Crippen molar-refractivity contribution in [3.63, 3.8) is 0 Å². The molecule has 0 unspecified atom stereocenters. The first-order valence-corrected chi connectivity index (χ1v) is 9.73. The van der Waals surface area contributed by atoms with Gasteiger partial charge in [0.15, 0.2) is 11.5 Å². The molecule has 1 fully saturated rings. The van der Waals surface area contributed by atoms with Crippen LogP contribution in [0.4, 0.5) is 0 Å². The molecule has 27 heavy (non-hydrogen) atoms. The number of amides is 1. The average Bonchev–Trinajstić information content (AvgIpc) is 2.68. The van der Waals surface area contributed by atoms with Crippen molar-refractivity contribution in [3.8, 4) is 11.5 Å². The van der Waals surface area contributed by atoms with Crippen LogP contribution in [-0.4, -0.2) is 31.6 Å². The van der Waals surface area contributed by atoms with E-state index in [2.05, 4.69) is 12.1 Å². The Kier molecular flexibility index (Phi) is 6.74. The van der Waals surface area contributed by atoms with Crippen molar-refractivity contribution in [1.82, 2.24) is 4.90 Å². The molecule has 0 atom stereocenters. The van der Waals surface area contributed by atoms with Crippen molar-refractivity contribution in [1.29, 1.82) is 0 Å². The Bertz CT molecular complexity index is 741. The van der Waals surface area contributed by atoms with Gasteiger partial charge in [0, 0.05) is 19.5 Å². The third-order valence-electron chi connectivity index (χ3n) is 5.36. The van der Waals surface area contributed by atoms with E-state index in [0.717, 1.165) is 17.9 Å². The Hall–Kier alpha value is -2.49. The first-order valence-electron chi connectivity index (χ1n) is 9.73. The van der Waals surface area contributed by atoms with Gasteiger partial charge in [0.25, 0.3) is 0 Å². The first kappa shape index (κ1) is 19.3. The van der Waals surface area contributed by atoms with Gasteiger partial charge in [0.2, 0.25) is 5.91 Å². The highest BCUT2D eigenvalue weighted by Gasteiger charge is 2.24. The van der Waals surface area contributed by atoms with Crippen LogP contribution in [0.2, 0.25) is 0 Å². The van der Waals surface area contributed by atoms with Crippen molar-refractivity contribution < 1.29 is 14.3 Å². The minimum absolute atomic E-state index is 0.204. The molecule has 0 spiro atoms. The molecule has 1 amide bonds. The van der Waals surface area contributed by atoms with Crippen molar-refractivity contribution >= 4 is 5.91 Å². The minimum Gasteiger partial charge on any atom is -0.493 e. The molecular weight excluding hydrogens is 338 g/mol. The van der Waals surface area contributed by atoms with Crippen molar-refractivity contribution in [3.05, 3.63) is 59.7 Å². The summed E-state index contributed by atoms with van der Waals surface area (Å²) in [6.07, 6.45) is 4.89. The van der Waals surface area contributed by atoms with Gasteiger partial charge in [-0.2, -0.15) is 0 Å². The smallest absolute Gasteiger partial charge is 0.223 e. The van der Waals surface area contributed by atoms with E-state index in [1.165, 1.54) is 24.8 Å². The molecule has 144 valence electrons. The fourth-order valence-electron chi connectivity index (χ4n) is 3.60. The monoisotopic (exact) mass is 367 g/mol. The molecule has 2 aromatic carbocycles. The van der Waals surface area contributed by atoms with Crippen LogP contribution in [0.5, 0.6) is 11.5 Å². The molecule has 0 saturated heterocycles. The number of hydrogen-bond donors (Lipinski definition) is 0. The third-order valence-corrected chi connectivity index (χ3v) is 5.36. The maximum Gasteiger partial charge on any atom is 0.223 e. The van der Waals surface area contributed by atoms with Crippen LogP contribution in [-0.2, 0) is 17.8 Å². The van der Waals surface area contributed by atoms with Crippen LogP contribution in [0, 0.1) is 5.92 Å². The predicted molar refractivity (Wildman–Crippen MR) is 107 cm³/mol. The number of aryl methyl sites for hydroxylation is 1. The number of benzene rings is 2. The lowest BCUT2D eigenvalue weighted by atomic mass is 9.85. The predicted octanol–water partition coefficient (Wildman–Crippen LogP) is 4.47. The van der Waals surface area contributed by atoms with Crippen LogP contribution < -0.4 is 9.47 Å². The lowest BCUT2D eigenvalue weighted by molar-refractivity contribution is -0.132. The normalized spacial score (nSPS) is 13.7. The van der Waals surface area contributed by atoms with Gasteiger partial charge in [-0.25, -0.2) is 0 Å². The minimum atomic E-state index is 0.204. The lowest BCUT2D eigenvalue weighted by Crippen LogP contribution is -2.37. The molecule has 0 N–H and O–H groups in total. The highest BCUT2D eigenvalue weighted by atomic mass is 16.5. The van der Waals surface area contributed by atoms with Crippen LogP contribution in [0.15, 0.2) is 48.5 Å². The Balaban J connectivity index is 1.67. The van der Waals surface area contributed by atoms with Crippen LogP contribution >= 0.6 is 0 Å². The molecule has 2 aromatic rings. The van der Waals surface area contributed by atoms with E-state index in [-0.39, 0.29) is 5.91 Å². The quantitative estimate of drug-likeness (QED) is 0.657. The summed E-state index contributed by atoms with van der Waals surface area (Å²) in [7, 11) is 3.27. The first-order chi connectivity index (χ1) is 13.2. The third kappa shape index (κ3) is 5.03. The number of nitrogens with zero attached hydrogens (tertiary/aromatic N) is 1. The summed E-state index contributed by atoms with van der Waals surface area (Å²) in [4.78, 5) is 15.0. The summed E-state index contributed by atoms with van der Waals surface area (Å²) in [5.41, 5.74) is 2.19. The van der Waals surface area contributed by atoms with Gasteiger partial charge in [-0.3, -0.25) is 4.79 Å². The molecule has 1 saturated carbocycles. The lowest BCUT2D eigenvalue weighted by Gasteiger charge is -2.32. The van der Waals surface area contributed by atoms with E-state index < -0.39 is 0 Å². The van der Waals surface area contributed by atoms with Crippen LogP contribution in [0.3, 0.4) is 0 Å². The molecule has 0 aliphatic heterocycles. The van der Waals surface area contributed by atoms with Gasteiger partial charge < -0.3 is 14.4 Å².